The molecular weight excluding hydrogens is 629 g/mol. The van der Waals surface area contributed by atoms with Crippen molar-refractivity contribution in [3.05, 3.63) is 145 Å². The van der Waals surface area contributed by atoms with E-state index in [9.17, 15) is 0 Å². The van der Waals surface area contributed by atoms with Gasteiger partial charge in [-0.25, -0.2) is 9.55 Å². The predicted molar refractivity (Wildman–Crippen MR) is 212 cm³/mol. The monoisotopic (exact) mass is 671 g/mol. The van der Waals surface area contributed by atoms with E-state index in [1.165, 1.54) is 53.9 Å². The molecule has 0 aliphatic rings. The van der Waals surface area contributed by atoms with Gasteiger partial charge >= 0.3 is 0 Å². The first-order chi connectivity index (χ1) is 24.3. The summed E-state index contributed by atoms with van der Waals surface area (Å²) < 4.78 is 7.00. The maximum atomic E-state index is 5.01. The van der Waals surface area contributed by atoms with Crippen LogP contribution in [0, 0.1) is 0 Å². The van der Waals surface area contributed by atoms with E-state index in [0.29, 0.717) is 17.9 Å². The van der Waals surface area contributed by atoms with E-state index >= 15 is 0 Å². The average Bonchev–Trinajstić information content (AvgIpc) is 3.68. The minimum Gasteiger partial charge on any atom is -0.294 e. The zero-order valence-corrected chi connectivity index (χ0v) is 30.4. The highest BCUT2D eigenvalue weighted by molar-refractivity contribution is 7.99. The Kier molecular flexibility index (Phi) is 8.32. The van der Waals surface area contributed by atoms with Gasteiger partial charge in [-0.1, -0.05) is 81.9 Å². The molecule has 3 aromatic heterocycles. The van der Waals surface area contributed by atoms with Crippen LogP contribution in [0.15, 0.2) is 144 Å². The number of hydrogen-bond donors (Lipinski definition) is 0. The zero-order chi connectivity index (χ0) is 34.5. The second kappa shape index (κ2) is 13.0. The molecule has 3 heterocycles. The van der Waals surface area contributed by atoms with E-state index in [-0.39, 0.29) is 0 Å². The van der Waals surface area contributed by atoms with Gasteiger partial charge in [-0.15, -0.1) is 0 Å². The molecule has 0 bridgehead atoms. The third kappa shape index (κ3) is 5.60. The van der Waals surface area contributed by atoms with E-state index in [1.807, 2.05) is 6.20 Å². The molecule has 4 nitrogen and oxygen atoms in total. The second-order valence-corrected chi connectivity index (χ2v) is 15.3. The molecule has 0 atom stereocenters. The number of para-hydroxylation sites is 3. The standard InChI is InChI=1S/C45H43N4S/c1-29(2)36-16-12-17-37(30(3)4)45(36)32-23-24-46-44(25-32)49-40-18-8-7-15-38(40)39-22-21-35(27-43(39)49)50-34-14-11-13-33(26-34)48-28-47(31(5)6)41-19-9-10-20-42(41)48/h7-31H,1-6H3/q+1. The maximum absolute atomic E-state index is 5.01. The van der Waals surface area contributed by atoms with E-state index in [0.717, 1.165) is 22.5 Å². The first kappa shape index (κ1) is 32.1. The van der Waals surface area contributed by atoms with Gasteiger partial charge in [0, 0.05) is 51.0 Å². The SMILES string of the molecule is CC(C)c1cccc(C(C)C)c1-c1ccnc(-n2c3ccccc3c3ccc(Sc4cccc(-n5[cH+]n(C(C)C)c6ccccc65)c4)cc32)c1. The van der Waals surface area contributed by atoms with Crippen LogP contribution in [0.5, 0.6) is 0 Å². The lowest BCUT2D eigenvalue weighted by Gasteiger charge is -2.20. The van der Waals surface area contributed by atoms with Crippen LogP contribution in [0.25, 0.3) is 55.5 Å². The molecule has 248 valence electrons. The highest BCUT2D eigenvalue weighted by atomic mass is 32.2. The Morgan fingerprint density at radius 3 is 1.98 bits per heavy atom. The van der Waals surface area contributed by atoms with Crippen LogP contribution >= 0.6 is 11.8 Å². The topological polar surface area (TPSA) is 27.7 Å². The Bertz CT molecular complexity index is 2490. The lowest BCUT2D eigenvalue weighted by atomic mass is 9.85. The molecule has 0 amide bonds. The molecule has 50 heavy (non-hydrogen) atoms. The molecule has 8 rings (SSSR count). The molecule has 0 N–H and O–H groups in total. The number of imidazole rings is 1. The highest BCUT2D eigenvalue weighted by Gasteiger charge is 2.20. The Labute approximate surface area is 299 Å². The van der Waals surface area contributed by atoms with Crippen LogP contribution in [-0.2, 0) is 0 Å². The molecule has 0 spiro atoms. The summed E-state index contributed by atoms with van der Waals surface area (Å²) in [6, 6.07) is 44.7. The van der Waals surface area contributed by atoms with E-state index in [4.69, 9.17) is 4.98 Å². The summed E-state index contributed by atoms with van der Waals surface area (Å²) in [5, 5.41) is 2.46. The van der Waals surface area contributed by atoms with Crippen LogP contribution in [0.1, 0.15) is 70.5 Å². The fraction of sp³-hybridized carbons (Fsp3) is 0.200. The van der Waals surface area contributed by atoms with Crippen molar-refractivity contribution in [3.63, 3.8) is 0 Å². The van der Waals surface area contributed by atoms with Crippen LogP contribution < -0.4 is 0 Å². The van der Waals surface area contributed by atoms with Gasteiger partial charge in [-0.3, -0.25) is 4.57 Å². The van der Waals surface area contributed by atoms with Crippen molar-refractivity contribution in [1.82, 2.24) is 18.7 Å². The van der Waals surface area contributed by atoms with E-state index in [1.54, 1.807) is 11.8 Å². The summed E-state index contributed by atoms with van der Waals surface area (Å²) in [6.07, 6.45) is 4.21. The summed E-state index contributed by atoms with van der Waals surface area (Å²) in [4.78, 5) is 7.40. The van der Waals surface area contributed by atoms with Gasteiger partial charge in [0.2, 0.25) is 0 Å². The van der Waals surface area contributed by atoms with Crippen molar-refractivity contribution >= 4 is 44.6 Å². The quantitative estimate of drug-likeness (QED) is 0.150. The van der Waals surface area contributed by atoms with Crippen molar-refractivity contribution in [3.8, 4) is 22.6 Å². The first-order valence-electron chi connectivity index (χ1n) is 17.7. The van der Waals surface area contributed by atoms with Crippen LogP contribution in [-0.4, -0.2) is 18.7 Å². The van der Waals surface area contributed by atoms with Gasteiger partial charge in [0.1, 0.15) is 11.5 Å². The number of aromatic nitrogens is 4. The molecule has 8 aromatic rings. The van der Waals surface area contributed by atoms with Crippen molar-refractivity contribution in [2.45, 2.75) is 69.2 Å². The summed E-state index contributed by atoms with van der Waals surface area (Å²) in [7, 11) is 0. The fourth-order valence-electron chi connectivity index (χ4n) is 7.43. The van der Waals surface area contributed by atoms with E-state index < -0.39 is 0 Å². The number of rotatable bonds is 8. The molecule has 0 aliphatic heterocycles. The Morgan fingerprint density at radius 1 is 0.580 bits per heavy atom. The van der Waals surface area contributed by atoms with Gasteiger partial charge in [-0.2, -0.15) is 4.57 Å². The summed E-state index contributed by atoms with van der Waals surface area (Å²) in [5.74, 6) is 1.77. The first-order valence-corrected chi connectivity index (χ1v) is 18.5. The van der Waals surface area contributed by atoms with Gasteiger partial charge in [0.15, 0.2) is 17.4 Å². The van der Waals surface area contributed by atoms with Crippen LogP contribution in [0.4, 0.5) is 0 Å². The van der Waals surface area contributed by atoms with Crippen molar-refractivity contribution in [2.75, 3.05) is 0 Å². The molecule has 0 saturated heterocycles. The van der Waals surface area contributed by atoms with Crippen LogP contribution in [0.3, 0.4) is 0 Å². The van der Waals surface area contributed by atoms with Crippen molar-refractivity contribution < 1.29 is 0 Å². The Morgan fingerprint density at radius 2 is 1.24 bits per heavy atom. The highest BCUT2D eigenvalue weighted by Crippen LogP contribution is 2.40. The molecule has 5 aromatic carbocycles. The van der Waals surface area contributed by atoms with E-state index in [2.05, 4.69) is 183 Å². The van der Waals surface area contributed by atoms with Gasteiger partial charge in [0.05, 0.1) is 17.1 Å². The molecule has 0 fully saturated rings. The summed E-state index contributed by atoms with van der Waals surface area (Å²) in [6.45, 7) is 13.6. The minimum absolute atomic E-state index is 0.370. The van der Waals surface area contributed by atoms with Crippen molar-refractivity contribution in [2.24, 2.45) is 0 Å². The fourth-order valence-corrected chi connectivity index (χ4v) is 8.33. The molecular formula is C45H43N4S+. The number of nitrogens with zero attached hydrogens (tertiary/aromatic N) is 4. The average molecular weight is 672 g/mol. The number of hydrogen-bond acceptors (Lipinski definition) is 2. The molecule has 0 unspecified atom stereocenters. The minimum atomic E-state index is 0.370. The van der Waals surface area contributed by atoms with Gasteiger partial charge in [-0.05, 0) is 103 Å². The molecule has 0 saturated carbocycles. The van der Waals surface area contributed by atoms with Crippen LogP contribution in [0.2, 0.25) is 0 Å². The molecule has 5 heteroatoms. The lowest BCUT2D eigenvalue weighted by Crippen LogP contribution is -2.02. The molecule has 0 aliphatic carbocycles. The smallest absolute Gasteiger partial charge is 0.191 e. The summed E-state index contributed by atoms with van der Waals surface area (Å²) in [5.41, 5.74) is 11.2. The van der Waals surface area contributed by atoms with Crippen molar-refractivity contribution in [1.29, 1.82) is 0 Å². The lowest BCUT2D eigenvalue weighted by molar-refractivity contribution is 0.612. The third-order valence-corrected chi connectivity index (χ3v) is 10.8. The van der Waals surface area contributed by atoms with Gasteiger partial charge in [0.25, 0.3) is 0 Å². The second-order valence-electron chi connectivity index (χ2n) is 14.1. The number of fused-ring (bicyclic) bond motifs is 4. The van der Waals surface area contributed by atoms with Gasteiger partial charge < -0.3 is 0 Å². The number of pyridine rings is 1. The normalized spacial score (nSPS) is 12.0. The Balaban J connectivity index is 1.23. The maximum Gasteiger partial charge on any atom is 0.191 e. The largest absolute Gasteiger partial charge is 0.294 e. The molecule has 0 radical (unpaired) electrons. The summed E-state index contributed by atoms with van der Waals surface area (Å²) >= 11 is 1.80. The third-order valence-electron chi connectivity index (χ3n) is 9.83. The predicted octanol–water partition coefficient (Wildman–Crippen LogP) is 12.9. The zero-order valence-electron chi connectivity index (χ0n) is 29.6. The number of benzene rings is 5. The Hall–Kier alpha value is -5.13.